The van der Waals surface area contributed by atoms with Crippen molar-refractivity contribution < 1.29 is 4.79 Å². The lowest BCUT2D eigenvalue weighted by molar-refractivity contribution is -0.126. The Labute approximate surface area is 199 Å². The van der Waals surface area contributed by atoms with E-state index in [1.165, 1.54) is 0 Å². The van der Waals surface area contributed by atoms with Crippen molar-refractivity contribution in [3.05, 3.63) is 48.5 Å². The Kier molecular flexibility index (Phi) is 6.08. The van der Waals surface area contributed by atoms with Crippen molar-refractivity contribution in [1.82, 2.24) is 30.2 Å². The SMILES string of the molecule is CNC(=O)C1CCCC2(CCN(c3cc(Nc4nccc(C)n4)nc(-c4cccnc4)n3)C2)C1. The molecule has 2 atom stereocenters. The van der Waals surface area contributed by atoms with Gasteiger partial charge in [-0.2, -0.15) is 0 Å². The van der Waals surface area contributed by atoms with Gasteiger partial charge in [-0.3, -0.25) is 9.78 Å². The monoisotopic (exact) mass is 458 g/mol. The Morgan fingerprint density at radius 1 is 1.18 bits per heavy atom. The maximum atomic E-state index is 12.3. The highest BCUT2D eigenvalue weighted by Crippen LogP contribution is 2.47. The van der Waals surface area contributed by atoms with Crippen LogP contribution in [0.4, 0.5) is 17.6 Å². The second kappa shape index (κ2) is 9.32. The highest BCUT2D eigenvalue weighted by molar-refractivity contribution is 5.78. The van der Waals surface area contributed by atoms with Gasteiger partial charge in [0.2, 0.25) is 11.9 Å². The molecule has 5 rings (SSSR count). The van der Waals surface area contributed by atoms with Gasteiger partial charge in [0.15, 0.2) is 5.82 Å². The van der Waals surface area contributed by atoms with E-state index >= 15 is 0 Å². The molecule has 176 valence electrons. The fourth-order valence-corrected chi connectivity index (χ4v) is 5.29. The second-order valence-electron chi connectivity index (χ2n) is 9.40. The molecule has 1 aliphatic carbocycles. The maximum absolute atomic E-state index is 12.3. The van der Waals surface area contributed by atoms with E-state index in [1.807, 2.05) is 31.2 Å². The maximum Gasteiger partial charge on any atom is 0.228 e. The van der Waals surface area contributed by atoms with Crippen LogP contribution in [0.2, 0.25) is 0 Å². The van der Waals surface area contributed by atoms with E-state index < -0.39 is 0 Å². The van der Waals surface area contributed by atoms with E-state index in [2.05, 4.69) is 30.5 Å². The standard InChI is InChI=1S/C25H30N8O/c1-17-7-11-28-24(29-17)31-20-13-21(32-22(30-20)19-6-4-10-27-15-19)33-12-9-25(16-33)8-3-5-18(14-25)23(34)26-2/h4,6-7,10-11,13,15,18H,3,5,8-9,12,14,16H2,1-2H3,(H,26,34)(H,28,29,30,31,32). The highest BCUT2D eigenvalue weighted by Gasteiger charge is 2.43. The minimum Gasteiger partial charge on any atom is -0.359 e. The molecule has 2 unspecified atom stereocenters. The lowest BCUT2D eigenvalue weighted by atomic mass is 9.69. The molecule has 0 bridgehead atoms. The number of nitrogens with one attached hydrogen (secondary N) is 2. The number of hydrogen-bond donors (Lipinski definition) is 2. The van der Waals surface area contributed by atoms with Crippen molar-refractivity contribution in [3.8, 4) is 11.4 Å². The van der Waals surface area contributed by atoms with Crippen molar-refractivity contribution in [2.24, 2.45) is 11.3 Å². The molecule has 9 nitrogen and oxygen atoms in total. The average Bonchev–Trinajstić information content (AvgIpc) is 3.27. The first-order valence-electron chi connectivity index (χ1n) is 11.9. The first-order chi connectivity index (χ1) is 16.5. The Morgan fingerprint density at radius 2 is 2.09 bits per heavy atom. The van der Waals surface area contributed by atoms with E-state index in [0.717, 1.165) is 62.3 Å². The molecule has 4 heterocycles. The van der Waals surface area contributed by atoms with Crippen molar-refractivity contribution in [3.63, 3.8) is 0 Å². The predicted molar refractivity (Wildman–Crippen MR) is 131 cm³/mol. The summed E-state index contributed by atoms with van der Waals surface area (Å²) in [5.74, 6) is 2.88. The number of carbonyl (C=O) groups excluding carboxylic acids is 1. The predicted octanol–water partition coefficient (Wildman–Crippen LogP) is 3.51. The number of aryl methyl sites for hydroxylation is 1. The van der Waals surface area contributed by atoms with E-state index in [0.29, 0.717) is 17.6 Å². The Hall–Kier alpha value is -3.62. The van der Waals surface area contributed by atoms with Crippen LogP contribution in [0.5, 0.6) is 0 Å². The molecule has 3 aromatic heterocycles. The third kappa shape index (κ3) is 4.69. The number of pyridine rings is 1. The van der Waals surface area contributed by atoms with E-state index in [1.54, 1.807) is 25.6 Å². The van der Waals surface area contributed by atoms with Crippen LogP contribution in [0, 0.1) is 18.3 Å². The summed E-state index contributed by atoms with van der Waals surface area (Å²) in [5, 5.41) is 6.09. The summed E-state index contributed by atoms with van der Waals surface area (Å²) in [6.45, 7) is 3.73. The van der Waals surface area contributed by atoms with Crippen LogP contribution >= 0.6 is 0 Å². The van der Waals surface area contributed by atoms with Gasteiger partial charge >= 0.3 is 0 Å². The zero-order valence-corrected chi connectivity index (χ0v) is 19.7. The zero-order valence-electron chi connectivity index (χ0n) is 19.7. The summed E-state index contributed by atoms with van der Waals surface area (Å²) in [4.78, 5) is 37.3. The van der Waals surface area contributed by atoms with Gasteiger partial charge in [-0.05, 0) is 56.2 Å². The van der Waals surface area contributed by atoms with Gasteiger partial charge in [0.1, 0.15) is 11.6 Å². The van der Waals surface area contributed by atoms with Crippen LogP contribution in [-0.2, 0) is 4.79 Å². The molecule has 3 aromatic rings. The second-order valence-corrected chi connectivity index (χ2v) is 9.40. The fraction of sp³-hybridized carbons (Fsp3) is 0.440. The highest BCUT2D eigenvalue weighted by atomic mass is 16.1. The van der Waals surface area contributed by atoms with Crippen molar-refractivity contribution >= 4 is 23.5 Å². The molecule has 0 radical (unpaired) electrons. The molecule has 9 heteroatoms. The summed E-state index contributed by atoms with van der Waals surface area (Å²) < 4.78 is 0. The third-order valence-electron chi connectivity index (χ3n) is 6.99. The molecule has 2 fully saturated rings. The largest absolute Gasteiger partial charge is 0.359 e. The van der Waals surface area contributed by atoms with Gasteiger partial charge in [-0.25, -0.2) is 19.9 Å². The average molecular weight is 459 g/mol. The quantitative estimate of drug-likeness (QED) is 0.598. The topological polar surface area (TPSA) is 109 Å². The van der Waals surface area contributed by atoms with Gasteiger partial charge in [-0.15, -0.1) is 0 Å². The van der Waals surface area contributed by atoms with Gasteiger partial charge < -0.3 is 15.5 Å². The molecule has 2 aliphatic rings. The Balaban J connectivity index is 1.44. The molecule has 1 aliphatic heterocycles. The molecular formula is C25H30N8O. The summed E-state index contributed by atoms with van der Waals surface area (Å²) in [6.07, 6.45) is 10.5. The van der Waals surface area contributed by atoms with Gasteiger partial charge in [0.25, 0.3) is 0 Å². The Morgan fingerprint density at radius 3 is 2.88 bits per heavy atom. The summed E-state index contributed by atoms with van der Waals surface area (Å²) >= 11 is 0. The first-order valence-corrected chi connectivity index (χ1v) is 11.9. The molecular weight excluding hydrogens is 428 g/mol. The minimum atomic E-state index is 0.103. The van der Waals surface area contributed by atoms with Gasteiger partial charge in [-0.1, -0.05) is 6.42 Å². The lowest BCUT2D eigenvalue weighted by Gasteiger charge is -2.37. The smallest absolute Gasteiger partial charge is 0.228 e. The van der Waals surface area contributed by atoms with Crippen LogP contribution < -0.4 is 15.5 Å². The summed E-state index contributed by atoms with van der Waals surface area (Å²) in [6, 6.07) is 7.66. The molecule has 0 aromatic carbocycles. The lowest BCUT2D eigenvalue weighted by Crippen LogP contribution is -2.38. The van der Waals surface area contributed by atoms with Gasteiger partial charge in [0, 0.05) is 62.0 Å². The van der Waals surface area contributed by atoms with Crippen LogP contribution in [0.1, 0.15) is 37.8 Å². The number of anilines is 3. The molecule has 1 amide bonds. The zero-order chi connectivity index (χ0) is 23.5. The van der Waals surface area contributed by atoms with Crippen LogP contribution in [0.25, 0.3) is 11.4 Å². The van der Waals surface area contributed by atoms with E-state index in [-0.39, 0.29) is 17.2 Å². The first kappa shape index (κ1) is 22.2. The van der Waals surface area contributed by atoms with E-state index in [9.17, 15) is 4.79 Å². The molecule has 2 N–H and O–H groups in total. The third-order valence-corrected chi connectivity index (χ3v) is 6.99. The molecule has 1 saturated heterocycles. The number of hydrogen-bond acceptors (Lipinski definition) is 8. The fourth-order valence-electron chi connectivity index (χ4n) is 5.29. The Bertz CT molecular complexity index is 1170. The number of nitrogens with zero attached hydrogens (tertiary/aromatic N) is 6. The summed E-state index contributed by atoms with van der Waals surface area (Å²) in [7, 11) is 1.73. The number of rotatable bonds is 5. The van der Waals surface area contributed by atoms with Crippen molar-refractivity contribution in [2.75, 3.05) is 30.4 Å². The van der Waals surface area contributed by atoms with Gasteiger partial charge in [0.05, 0.1) is 0 Å². The number of amides is 1. The van der Waals surface area contributed by atoms with Crippen molar-refractivity contribution in [2.45, 2.75) is 39.0 Å². The van der Waals surface area contributed by atoms with E-state index in [4.69, 9.17) is 9.97 Å². The minimum absolute atomic E-state index is 0.103. The molecule has 1 spiro atoms. The molecule has 34 heavy (non-hydrogen) atoms. The number of aromatic nitrogens is 5. The normalized spacial score (nSPS) is 22.1. The summed E-state index contributed by atoms with van der Waals surface area (Å²) in [5.41, 5.74) is 1.88. The van der Waals surface area contributed by atoms with Crippen LogP contribution in [0.3, 0.4) is 0 Å². The van der Waals surface area contributed by atoms with Crippen molar-refractivity contribution in [1.29, 1.82) is 0 Å². The van der Waals surface area contributed by atoms with Crippen LogP contribution in [0.15, 0.2) is 42.9 Å². The van der Waals surface area contributed by atoms with Crippen LogP contribution in [-0.4, -0.2) is 51.0 Å². The number of carbonyl (C=O) groups is 1. The molecule has 1 saturated carbocycles.